The Morgan fingerprint density at radius 3 is 1.08 bits per heavy atom. The molecule has 1 fully saturated rings. The first-order valence-electron chi connectivity index (χ1n) is 33.9. The summed E-state index contributed by atoms with van der Waals surface area (Å²) in [7, 11) is 0. The molecule has 28 N–H and O–H groups in total. The van der Waals surface area contributed by atoms with Crippen molar-refractivity contribution in [3.63, 3.8) is 0 Å². The molecular weight excluding hydrogens is 1650 g/mol. The number of hydrogen-bond acceptors (Lipinski definition) is 47. The van der Waals surface area contributed by atoms with Gasteiger partial charge in [-0.1, -0.05) is 0 Å². The molecule has 0 spiro atoms. The molecule has 0 amide bonds. The third-order valence-electron chi connectivity index (χ3n) is 19.3. The molecule has 10 atom stereocenters. The zero-order chi connectivity index (χ0) is 89.2. The lowest BCUT2D eigenvalue weighted by atomic mass is 9.73. The van der Waals surface area contributed by atoms with Crippen molar-refractivity contribution in [3.8, 4) is 177 Å². The Balaban J connectivity index is 1.07. The molecule has 2 bridgehead atoms. The minimum Gasteiger partial charge on any atom is -0.504 e. The van der Waals surface area contributed by atoms with E-state index in [4.69, 9.17) is 47.4 Å². The van der Waals surface area contributed by atoms with E-state index in [1.807, 2.05) is 0 Å². The van der Waals surface area contributed by atoms with Crippen LogP contribution in [0.3, 0.4) is 0 Å². The number of fused-ring (bicyclic) bond motifs is 7. The van der Waals surface area contributed by atoms with Crippen molar-refractivity contribution in [2.24, 2.45) is 0 Å². The van der Waals surface area contributed by atoms with E-state index in [-0.39, 0.29) is 18.2 Å². The molecule has 0 saturated carbocycles. The maximum Gasteiger partial charge on any atom is 0.340 e. The lowest BCUT2D eigenvalue weighted by molar-refractivity contribution is -0.282. The van der Waals surface area contributed by atoms with E-state index in [1.54, 1.807) is 0 Å². The molecule has 122 heavy (non-hydrogen) atoms. The molecule has 636 valence electrons. The molecule has 0 radical (unpaired) electrons. The molecule has 47 heteroatoms. The number of benzene rings is 9. The number of aliphatic hydroxyl groups is 1. The Morgan fingerprint density at radius 1 is 0.303 bits per heavy atom. The van der Waals surface area contributed by atoms with Crippen LogP contribution in [0.15, 0.2) is 72.8 Å². The van der Waals surface area contributed by atoms with Gasteiger partial charge in [0.1, 0.15) is 25.4 Å². The predicted octanol–water partition coefficient (Wildman–Crippen LogP) is 2.45. The second-order valence-corrected chi connectivity index (χ2v) is 26.7. The Labute approximate surface area is 670 Å². The van der Waals surface area contributed by atoms with Crippen LogP contribution in [0.25, 0.3) is 22.3 Å². The van der Waals surface area contributed by atoms with E-state index in [1.165, 1.54) is 0 Å². The quantitative estimate of drug-likeness (QED) is 0.0448. The second-order valence-electron chi connectivity index (χ2n) is 26.7. The lowest BCUT2D eigenvalue weighted by Gasteiger charge is -2.44. The number of cyclic esters (lactones) is 3. The summed E-state index contributed by atoms with van der Waals surface area (Å²) in [6.45, 7) is -3.47. The van der Waals surface area contributed by atoms with Crippen LogP contribution in [0.1, 0.15) is 110 Å². The number of esters is 9. The third-order valence-corrected chi connectivity index (χ3v) is 19.3. The Bertz CT molecular complexity index is 5990. The lowest BCUT2D eigenvalue weighted by Crippen LogP contribution is -2.63. The number of phenols is 27. The first kappa shape index (κ1) is 82.7. The minimum atomic E-state index is -3.32. The summed E-state index contributed by atoms with van der Waals surface area (Å²) >= 11 is 0. The van der Waals surface area contributed by atoms with Crippen LogP contribution in [-0.4, -0.2) is 265 Å². The van der Waals surface area contributed by atoms with E-state index < -0.39 is 367 Å². The van der Waals surface area contributed by atoms with Crippen molar-refractivity contribution >= 4 is 53.7 Å². The fourth-order valence-electron chi connectivity index (χ4n) is 13.6. The van der Waals surface area contributed by atoms with E-state index in [0.29, 0.717) is 54.6 Å². The molecule has 1 saturated heterocycles. The molecule has 4 aliphatic rings. The third kappa shape index (κ3) is 13.9. The number of rotatable bonds is 13. The SMILES string of the molecule is O=C(OCC1OC(OC(=O)c2cc(O)c(O)c(O)c2)C(OC(=O)c2cc(O)c(O)c(O)c2)C(OC(=O)c2cc(O)c(O)c(O)c2)C1OC(=O)c1cc(O)c(O)c(O)c1C1c2c(O)c(O)c(O)c3c2C(=O)OC1C(C1OC(=O)c2cc(O)c(O)c(O)c2-c2c(cc(O)c(O)c2O)C(=O)OCC1O)OC(=O)c1cc(O)c(O)c(O)c1-3)c1cc(O)c(O)c(O)c1. The van der Waals surface area contributed by atoms with Gasteiger partial charge in [0.05, 0.1) is 56.0 Å². The van der Waals surface area contributed by atoms with Gasteiger partial charge in [-0.05, 0) is 72.8 Å². The average molecular weight is 1710 g/mol. The molecule has 4 aliphatic heterocycles. The topological polar surface area (TPSA) is 812 Å². The van der Waals surface area contributed by atoms with E-state index in [2.05, 4.69) is 0 Å². The standard InChI is InChI=1S/C75H54O47/c76-23-1-15(2-24(77)45(23)89)66(104)114-14-36-61(64(119-67(105)16-3-25(78)46(90)26(79)4-16)65(121-68(106)17-5-27(80)47(91)28(81)6-17)75(115-36)122-69(107)18-7-29(82)48(92)30(83)8-18)117-72(110)22-12-34(87)52(96)56(100)40(22)43-42-44-41(57(101)59(103)58(42)102)39-21(11-33(86)51(95)55(39)99)73(111)120-63(62(43)118-74(44)112)60-35(88)13-113-70(108)19-9-31(84)49(93)53(97)37(19)38-20(71(109)116-60)10-32(85)50(94)54(38)98/h1-12,35-36,43,60-65,75-103H,13-14H2. The van der Waals surface area contributed by atoms with E-state index in [0.717, 1.165) is 0 Å². The number of carbonyl (C=O) groups excluding carboxylic acids is 9. The molecule has 9 aromatic carbocycles. The van der Waals surface area contributed by atoms with Crippen LogP contribution in [0, 0.1) is 0 Å². The van der Waals surface area contributed by atoms with Crippen LogP contribution in [0.4, 0.5) is 0 Å². The van der Waals surface area contributed by atoms with Gasteiger partial charge in [-0.3, -0.25) is 0 Å². The summed E-state index contributed by atoms with van der Waals surface area (Å²) in [5.74, 6) is -63.3. The number of ether oxygens (including phenoxy) is 10. The Hall–Kier alpha value is -17.3. The van der Waals surface area contributed by atoms with Gasteiger partial charge in [-0.15, -0.1) is 0 Å². The van der Waals surface area contributed by atoms with Crippen LogP contribution in [-0.2, 0) is 47.4 Å². The first-order valence-corrected chi connectivity index (χ1v) is 33.9. The fraction of sp³-hybridized carbons (Fsp3) is 0.160. The largest absolute Gasteiger partial charge is 0.504 e. The van der Waals surface area contributed by atoms with Gasteiger partial charge in [-0.2, -0.15) is 0 Å². The number of aromatic hydroxyl groups is 27. The van der Waals surface area contributed by atoms with Crippen molar-refractivity contribution in [2.75, 3.05) is 13.2 Å². The minimum absolute atomic E-state index is 0.0159. The number of carbonyl (C=O) groups is 9. The molecule has 0 aromatic heterocycles. The highest BCUT2D eigenvalue weighted by Crippen LogP contribution is 2.62. The number of hydrogen-bond donors (Lipinski definition) is 28. The molecule has 13 rings (SSSR count). The molecule has 4 heterocycles. The van der Waals surface area contributed by atoms with Crippen molar-refractivity contribution in [1.29, 1.82) is 0 Å². The zero-order valence-corrected chi connectivity index (χ0v) is 59.9. The van der Waals surface area contributed by atoms with Gasteiger partial charge in [0.15, 0.2) is 157 Å². The summed E-state index contributed by atoms with van der Waals surface area (Å²) < 4.78 is 57.3. The second kappa shape index (κ2) is 30.4. The summed E-state index contributed by atoms with van der Waals surface area (Å²) in [6, 6.07) is 3.71. The number of aliphatic hydroxyl groups excluding tert-OH is 1. The molecule has 10 unspecified atom stereocenters. The van der Waals surface area contributed by atoms with Crippen LogP contribution in [0.2, 0.25) is 0 Å². The van der Waals surface area contributed by atoms with Crippen LogP contribution in [0.5, 0.6) is 155 Å². The van der Waals surface area contributed by atoms with Crippen LogP contribution < -0.4 is 0 Å². The van der Waals surface area contributed by atoms with Crippen molar-refractivity contribution in [1.82, 2.24) is 0 Å². The van der Waals surface area contributed by atoms with Crippen molar-refractivity contribution in [2.45, 2.75) is 61.0 Å². The van der Waals surface area contributed by atoms with Gasteiger partial charge in [0.25, 0.3) is 0 Å². The smallest absolute Gasteiger partial charge is 0.340 e. The van der Waals surface area contributed by atoms with Crippen molar-refractivity contribution < 1.29 is 234 Å². The van der Waals surface area contributed by atoms with Gasteiger partial charge < -0.3 is 190 Å². The average Bonchev–Trinajstić information content (AvgIpc) is 0.702. The molecular formula is C75H54O47. The molecule has 47 nitrogen and oxygen atoms in total. The van der Waals surface area contributed by atoms with Crippen LogP contribution >= 0.6 is 0 Å². The van der Waals surface area contributed by atoms with E-state index >= 15 is 19.2 Å². The summed E-state index contributed by atoms with van der Waals surface area (Å²) in [5, 5.41) is 311. The summed E-state index contributed by atoms with van der Waals surface area (Å²) in [6.07, 6.45) is -27.9. The van der Waals surface area contributed by atoms with Gasteiger partial charge in [0, 0.05) is 33.4 Å². The van der Waals surface area contributed by atoms with Gasteiger partial charge >= 0.3 is 53.7 Å². The first-order chi connectivity index (χ1) is 57.3. The van der Waals surface area contributed by atoms with E-state index in [9.17, 15) is 167 Å². The molecule has 0 aliphatic carbocycles. The predicted molar refractivity (Wildman–Crippen MR) is 379 cm³/mol. The zero-order valence-electron chi connectivity index (χ0n) is 59.9. The number of phenolic OH excluding ortho intramolecular Hbond substituents is 27. The van der Waals surface area contributed by atoms with Gasteiger partial charge in [0.2, 0.25) is 41.1 Å². The normalized spacial score (nSPS) is 19.7. The monoisotopic (exact) mass is 1710 g/mol. The Morgan fingerprint density at radius 2 is 0.639 bits per heavy atom. The molecule has 9 aromatic rings. The van der Waals surface area contributed by atoms with Gasteiger partial charge in [-0.25, -0.2) is 43.2 Å². The highest BCUT2D eigenvalue weighted by molar-refractivity contribution is 6.12. The summed E-state index contributed by atoms with van der Waals surface area (Å²) in [4.78, 5) is 135. The highest BCUT2D eigenvalue weighted by Gasteiger charge is 2.59. The maximum atomic E-state index is 16.3. The maximum absolute atomic E-state index is 16.3. The summed E-state index contributed by atoms with van der Waals surface area (Å²) in [5.41, 5.74) is -20.5. The highest BCUT2D eigenvalue weighted by atomic mass is 16.8. The Kier molecular flexibility index (Phi) is 20.6. The van der Waals surface area contributed by atoms with Crippen molar-refractivity contribution in [3.05, 3.63) is 134 Å². The fourth-order valence-corrected chi connectivity index (χ4v) is 13.6.